The van der Waals surface area contributed by atoms with E-state index in [0.717, 1.165) is 5.56 Å². The Hall–Kier alpha value is -1.88. The minimum atomic E-state index is 0.122. The van der Waals surface area contributed by atoms with E-state index in [1.54, 1.807) is 0 Å². The Balaban J connectivity index is 0.000000956. The lowest BCUT2D eigenvalue weighted by molar-refractivity contribution is 0.378. The summed E-state index contributed by atoms with van der Waals surface area (Å²) in [6, 6.07) is 10.2. The van der Waals surface area contributed by atoms with Gasteiger partial charge in [0.2, 0.25) is 11.2 Å². The van der Waals surface area contributed by atoms with Crippen molar-refractivity contribution >= 4 is 17.5 Å². The highest BCUT2D eigenvalue weighted by Crippen LogP contribution is 2.15. The molecule has 2 rings (SSSR count). The highest BCUT2D eigenvalue weighted by atomic mass is 35.5. The van der Waals surface area contributed by atoms with Gasteiger partial charge in [-0.1, -0.05) is 44.2 Å². The molecule has 0 unspecified atom stereocenters. The molecular formula is C14H19ClN4O. The van der Waals surface area contributed by atoms with Crippen molar-refractivity contribution in [3.63, 3.8) is 0 Å². The number of methoxy groups -OCH3 is 1. The molecule has 1 aromatic heterocycles. The van der Waals surface area contributed by atoms with Gasteiger partial charge in [0.15, 0.2) is 0 Å². The van der Waals surface area contributed by atoms with Gasteiger partial charge in [-0.25, -0.2) is 0 Å². The smallest absolute Gasteiger partial charge is 0.322 e. The van der Waals surface area contributed by atoms with Crippen molar-refractivity contribution in [1.82, 2.24) is 15.0 Å². The van der Waals surface area contributed by atoms with Crippen LogP contribution in [0, 0.1) is 0 Å². The molecule has 0 aliphatic heterocycles. The molecule has 1 aromatic carbocycles. The third-order valence-electron chi connectivity index (χ3n) is 2.36. The summed E-state index contributed by atoms with van der Waals surface area (Å²) < 4.78 is 4.96. The van der Waals surface area contributed by atoms with Crippen molar-refractivity contribution in [2.24, 2.45) is 0 Å². The predicted octanol–water partition coefficient (Wildman–Crippen LogP) is 3.20. The number of hydrogen-bond donors (Lipinski definition) is 0. The molecule has 0 fully saturated rings. The van der Waals surface area contributed by atoms with Gasteiger partial charge < -0.3 is 9.64 Å². The van der Waals surface area contributed by atoms with E-state index < -0.39 is 0 Å². The van der Waals surface area contributed by atoms with Crippen LogP contribution >= 0.6 is 11.6 Å². The summed E-state index contributed by atoms with van der Waals surface area (Å²) in [5.41, 5.74) is 1.16. The number of rotatable bonds is 4. The Labute approximate surface area is 124 Å². The fourth-order valence-corrected chi connectivity index (χ4v) is 1.66. The van der Waals surface area contributed by atoms with Gasteiger partial charge in [0.05, 0.1) is 7.11 Å². The molecule has 0 amide bonds. The molecule has 2 aromatic rings. The first kappa shape index (κ1) is 16.2. The number of benzene rings is 1. The summed E-state index contributed by atoms with van der Waals surface area (Å²) in [6.45, 7) is 4.68. The number of hydrogen-bond acceptors (Lipinski definition) is 5. The normalized spacial score (nSPS) is 9.45. The van der Waals surface area contributed by atoms with Crippen molar-refractivity contribution in [1.29, 1.82) is 0 Å². The molecule has 0 saturated carbocycles. The summed E-state index contributed by atoms with van der Waals surface area (Å²) in [5, 5.41) is 0.122. The van der Waals surface area contributed by atoms with Crippen LogP contribution in [0.3, 0.4) is 0 Å². The topological polar surface area (TPSA) is 51.1 Å². The molecule has 0 saturated heterocycles. The minimum Gasteiger partial charge on any atom is -0.467 e. The van der Waals surface area contributed by atoms with Crippen LogP contribution in [0.2, 0.25) is 5.28 Å². The first-order valence-corrected chi connectivity index (χ1v) is 6.77. The van der Waals surface area contributed by atoms with Crippen LogP contribution in [0.4, 0.5) is 5.95 Å². The lowest BCUT2D eigenvalue weighted by Gasteiger charge is -2.17. The molecule has 0 N–H and O–H groups in total. The van der Waals surface area contributed by atoms with Gasteiger partial charge in [0.1, 0.15) is 0 Å². The van der Waals surface area contributed by atoms with Crippen LogP contribution in [-0.4, -0.2) is 29.1 Å². The molecule has 0 aliphatic rings. The van der Waals surface area contributed by atoms with Gasteiger partial charge in [-0.2, -0.15) is 15.0 Å². The van der Waals surface area contributed by atoms with E-state index in [2.05, 4.69) is 15.0 Å². The summed E-state index contributed by atoms with van der Waals surface area (Å²) in [4.78, 5) is 13.9. The van der Waals surface area contributed by atoms with Gasteiger partial charge in [0, 0.05) is 13.6 Å². The molecule has 0 radical (unpaired) electrons. The van der Waals surface area contributed by atoms with Crippen molar-refractivity contribution in [3.05, 3.63) is 41.2 Å². The Morgan fingerprint density at radius 2 is 1.75 bits per heavy atom. The Bertz CT molecular complexity index is 522. The van der Waals surface area contributed by atoms with E-state index in [-0.39, 0.29) is 11.3 Å². The van der Waals surface area contributed by atoms with E-state index >= 15 is 0 Å². The average molecular weight is 295 g/mol. The average Bonchev–Trinajstić information content (AvgIpc) is 2.49. The summed E-state index contributed by atoms with van der Waals surface area (Å²) in [5.74, 6) is 0.482. The monoisotopic (exact) mass is 294 g/mol. The summed E-state index contributed by atoms with van der Waals surface area (Å²) in [7, 11) is 3.38. The Kier molecular flexibility index (Phi) is 6.73. The van der Waals surface area contributed by atoms with Crippen molar-refractivity contribution in [2.75, 3.05) is 19.1 Å². The molecule has 20 heavy (non-hydrogen) atoms. The number of nitrogens with zero attached hydrogens (tertiary/aromatic N) is 4. The zero-order chi connectivity index (χ0) is 15.0. The highest BCUT2D eigenvalue weighted by molar-refractivity contribution is 6.28. The zero-order valence-electron chi connectivity index (χ0n) is 12.2. The van der Waals surface area contributed by atoms with Crippen LogP contribution in [0.25, 0.3) is 0 Å². The molecule has 0 aliphatic carbocycles. The van der Waals surface area contributed by atoms with Gasteiger partial charge in [-0.15, -0.1) is 0 Å². The zero-order valence-corrected chi connectivity index (χ0v) is 12.9. The molecule has 0 bridgehead atoms. The second-order valence-electron chi connectivity index (χ2n) is 3.73. The van der Waals surface area contributed by atoms with Crippen molar-refractivity contribution in [2.45, 2.75) is 20.4 Å². The van der Waals surface area contributed by atoms with Gasteiger partial charge in [0.25, 0.3) is 0 Å². The third kappa shape index (κ3) is 4.66. The minimum absolute atomic E-state index is 0.122. The van der Waals surface area contributed by atoms with Gasteiger partial charge in [-0.05, 0) is 17.2 Å². The standard InChI is InChI=1S/C12H13ClN4O.C2H6/c1-17(8-9-6-4-3-5-7-9)11-14-10(13)15-12(16-11)18-2;1-2/h3-7H,8H2,1-2H3;1-2H3. The van der Waals surface area contributed by atoms with E-state index in [1.165, 1.54) is 7.11 Å². The SMILES string of the molecule is CC.COc1nc(Cl)nc(N(C)Cc2ccccc2)n1. The predicted molar refractivity (Wildman–Crippen MR) is 81.3 cm³/mol. The maximum absolute atomic E-state index is 5.81. The number of anilines is 1. The third-order valence-corrected chi connectivity index (χ3v) is 2.53. The maximum atomic E-state index is 5.81. The Morgan fingerprint density at radius 3 is 2.35 bits per heavy atom. The summed E-state index contributed by atoms with van der Waals surface area (Å²) in [6.07, 6.45) is 0. The number of ether oxygens (including phenoxy) is 1. The summed E-state index contributed by atoms with van der Waals surface area (Å²) >= 11 is 5.81. The molecule has 5 nitrogen and oxygen atoms in total. The van der Waals surface area contributed by atoms with Crippen LogP contribution < -0.4 is 9.64 Å². The lowest BCUT2D eigenvalue weighted by Crippen LogP contribution is -2.19. The largest absolute Gasteiger partial charge is 0.467 e. The van der Waals surface area contributed by atoms with E-state index in [0.29, 0.717) is 12.5 Å². The molecule has 0 atom stereocenters. The fourth-order valence-electron chi connectivity index (χ4n) is 1.51. The fraction of sp³-hybridized carbons (Fsp3) is 0.357. The van der Waals surface area contributed by atoms with E-state index in [9.17, 15) is 0 Å². The first-order chi connectivity index (χ1) is 9.69. The van der Waals surface area contributed by atoms with Crippen LogP contribution in [0.15, 0.2) is 30.3 Å². The number of halogens is 1. The van der Waals surface area contributed by atoms with Crippen LogP contribution in [-0.2, 0) is 6.54 Å². The molecule has 0 spiro atoms. The molecular weight excluding hydrogens is 276 g/mol. The second-order valence-corrected chi connectivity index (χ2v) is 4.07. The lowest BCUT2D eigenvalue weighted by atomic mass is 10.2. The molecule has 108 valence electrons. The molecule has 6 heteroatoms. The Morgan fingerprint density at radius 1 is 1.10 bits per heavy atom. The van der Waals surface area contributed by atoms with Crippen molar-refractivity contribution < 1.29 is 4.74 Å². The van der Waals surface area contributed by atoms with Gasteiger partial charge >= 0.3 is 6.01 Å². The van der Waals surface area contributed by atoms with E-state index in [4.69, 9.17) is 16.3 Å². The quantitative estimate of drug-likeness (QED) is 0.867. The number of aromatic nitrogens is 3. The molecule has 1 heterocycles. The van der Waals surface area contributed by atoms with E-state index in [1.807, 2.05) is 56.1 Å². The van der Waals surface area contributed by atoms with Gasteiger partial charge in [-0.3, -0.25) is 0 Å². The van der Waals surface area contributed by atoms with Crippen molar-refractivity contribution in [3.8, 4) is 6.01 Å². The second kappa shape index (κ2) is 8.32. The highest BCUT2D eigenvalue weighted by Gasteiger charge is 2.09. The van der Waals surface area contributed by atoms with Crippen LogP contribution in [0.5, 0.6) is 6.01 Å². The maximum Gasteiger partial charge on any atom is 0.322 e. The first-order valence-electron chi connectivity index (χ1n) is 6.39. The van der Waals surface area contributed by atoms with Crippen LogP contribution in [0.1, 0.15) is 19.4 Å².